The van der Waals surface area contributed by atoms with Crippen molar-refractivity contribution in [2.45, 2.75) is 77.0 Å². The van der Waals surface area contributed by atoms with E-state index in [0.29, 0.717) is 11.5 Å². The number of hydrogen-bond donors (Lipinski definition) is 0. The maximum atomic E-state index is 14.4. The molecule has 1 nitrogen and oxygen atoms in total. The summed E-state index contributed by atoms with van der Waals surface area (Å²) in [5.74, 6) is 1.45. The lowest BCUT2D eigenvalue weighted by Gasteiger charge is -2.38. The van der Waals surface area contributed by atoms with E-state index >= 15 is 0 Å². The fraction of sp³-hybridized carbons (Fsp3) is 0.586. The summed E-state index contributed by atoms with van der Waals surface area (Å²) in [5, 5.41) is 0. The summed E-state index contributed by atoms with van der Waals surface area (Å²) >= 11 is 0. The third kappa shape index (κ3) is 5.94. The molecule has 0 heterocycles. The van der Waals surface area contributed by atoms with E-state index in [2.05, 4.69) is 19.1 Å². The number of rotatable bonds is 8. The van der Waals surface area contributed by atoms with Crippen LogP contribution in [0.25, 0.3) is 11.1 Å². The smallest absolute Gasteiger partial charge is 0.190 e. The molecule has 4 heteroatoms. The summed E-state index contributed by atoms with van der Waals surface area (Å²) in [5.41, 5.74) is 2.60. The van der Waals surface area contributed by atoms with Crippen molar-refractivity contribution >= 4 is 0 Å². The minimum Gasteiger partial charge on any atom is -0.488 e. The monoisotopic (exact) mass is 458 g/mol. The van der Waals surface area contributed by atoms with Gasteiger partial charge in [-0.25, -0.2) is 8.78 Å². The fourth-order valence-electron chi connectivity index (χ4n) is 6.03. The molecule has 4 rings (SSSR count). The summed E-state index contributed by atoms with van der Waals surface area (Å²) in [6.45, 7) is 1.71. The largest absolute Gasteiger partial charge is 0.488 e. The molecule has 0 spiro atoms. The van der Waals surface area contributed by atoms with Crippen LogP contribution in [0.1, 0.15) is 82.6 Å². The molecule has 33 heavy (non-hydrogen) atoms. The maximum Gasteiger partial charge on any atom is 0.190 e. The maximum absolute atomic E-state index is 14.4. The number of alkyl halides is 1. The van der Waals surface area contributed by atoms with Crippen molar-refractivity contribution < 1.29 is 17.9 Å². The molecular weight excluding hydrogens is 421 g/mol. The Kier molecular flexibility index (Phi) is 8.38. The summed E-state index contributed by atoms with van der Waals surface area (Å²) in [7, 11) is 0. The Morgan fingerprint density at radius 3 is 1.91 bits per heavy atom. The zero-order chi connectivity index (χ0) is 23.2. The third-order valence-electron chi connectivity index (χ3n) is 8.15. The van der Waals surface area contributed by atoms with Gasteiger partial charge in [-0.3, -0.25) is 4.39 Å². The molecule has 0 atom stereocenters. The Bertz CT molecular complexity index is 855. The van der Waals surface area contributed by atoms with Gasteiger partial charge in [-0.05, 0) is 91.0 Å². The first-order valence-electron chi connectivity index (χ1n) is 12.9. The van der Waals surface area contributed by atoms with Crippen molar-refractivity contribution in [3.63, 3.8) is 0 Å². The topological polar surface area (TPSA) is 9.23 Å². The van der Waals surface area contributed by atoms with Gasteiger partial charge >= 0.3 is 0 Å². The zero-order valence-electron chi connectivity index (χ0n) is 19.8. The summed E-state index contributed by atoms with van der Waals surface area (Å²) in [6.07, 6.45) is 12.3. The number of ether oxygens (including phenoxy) is 1. The standard InChI is InChI=1S/C29H37F3O/c1-2-20-4-6-21(7-5-20)22-8-10-23(11-9-22)24-12-14-25(15-13-24)26-18-27(31)29(28(32)19-26)33-17-3-16-30/h12-15,18-23H,2-11,16-17H2,1H3. The summed E-state index contributed by atoms with van der Waals surface area (Å²) in [6, 6.07) is 10.8. The minimum absolute atomic E-state index is 0.0410. The molecule has 180 valence electrons. The van der Waals surface area contributed by atoms with E-state index in [1.807, 2.05) is 12.1 Å². The molecule has 2 aliphatic carbocycles. The van der Waals surface area contributed by atoms with Crippen molar-refractivity contribution in [2.75, 3.05) is 13.3 Å². The van der Waals surface area contributed by atoms with Crippen LogP contribution in [-0.2, 0) is 0 Å². The van der Waals surface area contributed by atoms with Crippen LogP contribution in [0.4, 0.5) is 13.2 Å². The van der Waals surface area contributed by atoms with Crippen molar-refractivity contribution in [2.24, 2.45) is 17.8 Å². The Morgan fingerprint density at radius 2 is 1.36 bits per heavy atom. The molecule has 0 aliphatic heterocycles. The summed E-state index contributed by atoms with van der Waals surface area (Å²) in [4.78, 5) is 0. The first-order valence-corrected chi connectivity index (χ1v) is 12.9. The average molecular weight is 459 g/mol. The lowest BCUT2D eigenvalue weighted by molar-refractivity contribution is 0.158. The molecule has 0 unspecified atom stereocenters. The molecule has 0 N–H and O–H groups in total. The molecule has 2 aliphatic rings. The predicted molar refractivity (Wildman–Crippen MR) is 128 cm³/mol. The minimum atomic E-state index is -0.751. The van der Waals surface area contributed by atoms with Gasteiger partial charge in [0.15, 0.2) is 17.4 Å². The Labute approximate surface area is 196 Å². The van der Waals surface area contributed by atoms with Gasteiger partial charge in [0.05, 0.1) is 13.3 Å². The Morgan fingerprint density at radius 1 is 0.788 bits per heavy atom. The van der Waals surface area contributed by atoms with E-state index in [1.165, 1.54) is 75.5 Å². The van der Waals surface area contributed by atoms with Crippen LogP contribution in [0.15, 0.2) is 36.4 Å². The molecule has 2 saturated carbocycles. The molecule has 0 bridgehead atoms. The first kappa shape index (κ1) is 24.2. The molecule has 2 aromatic carbocycles. The lowest BCUT2D eigenvalue weighted by Crippen LogP contribution is -2.25. The van der Waals surface area contributed by atoms with Crippen molar-refractivity contribution in [3.8, 4) is 16.9 Å². The van der Waals surface area contributed by atoms with Crippen LogP contribution in [-0.4, -0.2) is 13.3 Å². The Balaban J connectivity index is 1.34. The highest BCUT2D eigenvalue weighted by Crippen LogP contribution is 2.44. The van der Waals surface area contributed by atoms with E-state index in [0.717, 1.165) is 23.3 Å². The first-order chi connectivity index (χ1) is 16.1. The van der Waals surface area contributed by atoms with Gasteiger partial charge in [-0.1, -0.05) is 50.5 Å². The molecular formula is C29H37F3O. The van der Waals surface area contributed by atoms with E-state index in [4.69, 9.17) is 4.74 Å². The van der Waals surface area contributed by atoms with Crippen molar-refractivity contribution in [1.29, 1.82) is 0 Å². The van der Waals surface area contributed by atoms with E-state index in [1.54, 1.807) is 0 Å². The molecule has 0 saturated heterocycles. The van der Waals surface area contributed by atoms with Crippen LogP contribution in [0.2, 0.25) is 0 Å². The van der Waals surface area contributed by atoms with E-state index in [-0.39, 0.29) is 13.0 Å². The molecule has 0 radical (unpaired) electrons. The molecule has 0 aromatic heterocycles. The molecule has 2 fully saturated rings. The highest BCUT2D eigenvalue weighted by atomic mass is 19.1. The average Bonchev–Trinajstić information content (AvgIpc) is 2.86. The quantitative estimate of drug-likeness (QED) is 0.359. The van der Waals surface area contributed by atoms with Gasteiger partial charge in [0.25, 0.3) is 0 Å². The van der Waals surface area contributed by atoms with Gasteiger partial charge in [0, 0.05) is 6.42 Å². The highest BCUT2D eigenvalue weighted by molar-refractivity contribution is 5.65. The summed E-state index contributed by atoms with van der Waals surface area (Å²) < 4.78 is 46.0. The second kappa shape index (κ2) is 11.4. The highest BCUT2D eigenvalue weighted by Gasteiger charge is 2.30. The van der Waals surface area contributed by atoms with E-state index in [9.17, 15) is 13.2 Å². The lowest BCUT2D eigenvalue weighted by atomic mass is 9.68. The predicted octanol–water partition coefficient (Wildman–Crippen LogP) is 8.86. The number of halogens is 3. The van der Waals surface area contributed by atoms with Crippen LogP contribution in [0.5, 0.6) is 5.75 Å². The van der Waals surface area contributed by atoms with Gasteiger partial charge in [-0.15, -0.1) is 0 Å². The van der Waals surface area contributed by atoms with Gasteiger partial charge in [0.2, 0.25) is 0 Å². The number of benzene rings is 2. The molecule has 2 aromatic rings. The Hall–Kier alpha value is -1.97. The SMILES string of the molecule is CCC1CCC(C2CCC(c3ccc(-c4cc(F)c(OCCCF)c(F)c4)cc3)CC2)CC1. The van der Waals surface area contributed by atoms with Gasteiger partial charge < -0.3 is 4.74 Å². The van der Waals surface area contributed by atoms with Gasteiger partial charge in [-0.2, -0.15) is 0 Å². The van der Waals surface area contributed by atoms with Crippen LogP contribution >= 0.6 is 0 Å². The second-order valence-electron chi connectivity index (χ2n) is 10.1. The van der Waals surface area contributed by atoms with Crippen LogP contribution < -0.4 is 4.74 Å². The normalized spacial score (nSPS) is 25.7. The van der Waals surface area contributed by atoms with Crippen LogP contribution in [0, 0.1) is 29.4 Å². The van der Waals surface area contributed by atoms with E-state index < -0.39 is 24.1 Å². The number of hydrogen-bond acceptors (Lipinski definition) is 1. The molecule has 0 amide bonds. The van der Waals surface area contributed by atoms with Crippen LogP contribution in [0.3, 0.4) is 0 Å². The fourth-order valence-corrected chi connectivity index (χ4v) is 6.03. The zero-order valence-corrected chi connectivity index (χ0v) is 19.8. The van der Waals surface area contributed by atoms with Crippen molar-refractivity contribution in [3.05, 3.63) is 53.6 Å². The van der Waals surface area contributed by atoms with Gasteiger partial charge in [0.1, 0.15) is 0 Å². The third-order valence-corrected chi connectivity index (χ3v) is 8.15. The van der Waals surface area contributed by atoms with Crippen molar-refractivity contribution in [1.82, 2.24) is 0 Å². The second-order valence-corrected chi connectivity index (χ2v) is 10.1.